The quantitative estimate of drug-likeness (QED) is 0.626. The van der Waals surface area contributed by atoms with Crippen molar-refractivity contribution in [3.05, 3.63) is 11.6 Å². The van der Waals surface area contributed by atoms with Crippen molar-refractivity contribution in [2.45, 2.75) is 39.3 Å². The molecule has 1 unspecified atom stereocenters. The summed E-state index contributed by atoms with van der Waals surface area (Å²) in [6.07, 6.45) is 2.92. The minimum Gasteiger partial charge on any atom is -0.330 e. The molecule has 0 aromatic carbocycles. The zero-order valence-corrected chi connectivity index (χ0v) is 7.65. The van der Waals surface area contributed by atoms with Crippen LogP contribution in [0.3, 0.4) is 0 Å². The minimum absolute atomic E-state index is 0.522. The maximum Gasteiger partial charge on any atom is 0.126 e. The first-order valence-corrected chi connectivity index (χ1v) is 4.03. The Morgan fingerprint density at radius 2 is 2.09 bits per heavy atom. The second kappa shape index (κ2) is 4.50. The van der Waals surface area contributed by atoms with E-state index >= 15 is 0 Å². The van der Waals surface area contributed by atoms with Gasteiger partial charge in [0.15, 0.2) is 0 Å². The zero-order chi connectivity index (χ0) is 8.91. The van der Waals surface area contributed by atoms with Crippen molar-refractivity contribution < 1.29 is 4.39 Å². The molecule has 2 N–H and O–H groups in total. The van der Waals surface area contributed by atoms with Crippen LogP contribution in [0.15, 0.2) is 11.6 Å². The second-order valence-corrected chi connectivity index (χ2v) is 3.39. The van der Waals surface area contributed by atoms with E-state index in [2.05, 4.69) is 0 Å². The Bertz CT molecular complexity index is 134. The lowest BCUT2D eigenvalue weighted by Crippen LogP contribution is -2.16. The molecular formula is C9H18FN. The van der Waals surface area contributed by atoms with E-state index in [4.69, 9.17) is 5.73 Å². The molecule has 1 nitrogen and oxygen atoms in total. The lowest BCUT2D eigenvalue weighted by atomic mass is 10.00. The standard InChI is InChI=1S/C9H18FN/c1-8(2)7-9(3,10)5-4-6-11/h7H,4-6,11H2,1-3H3. The van der Waals surface area contributed by atoms with Gasteiger partial charge in [-0.3, -0.25) is 0 Å². The van der Waals surface area contributed by atoms with E-state index in [9.17, 15) is 4.39 Å². The lowest BCUT2D eigenvalue weighted by Gasteiger charge is -2.15. The third-order valence-corrected chi connectivity index (χ3v) is 1.46. The second-order valence-electron chi connectivity index (χ2n) is 3.39. The van der Waals surface area contributed by atoms with Crippen molar-refractivity contribution in [3.63, 3.8) is 0 Å². The highest BCUT2D eigenvalue weighted by molar-refractivity contribution is 5.05. The molecule has 0 aliphatic carbocycles. The first-order valence-electron chi connectivity index (χ1n) is 4.03. The molecule has 0 spiro atoms. The van der Waals surface area contributed by atoms with Crippen LogP contribution in [-0.4, -0.2) is 12.2 Å². The van der Waals surface area contributed by atoms with Gasteiger partial charge in [0, 0.05) is 0 Å². The summed E-state index contributed by atoms with van der Waals surface area (Å²) < 4.78 is 13.4. The molecule has 0 aliphatic heterocycles. The molecule has 66 valence electrons. The lowest BCUT2D eigenvalue weighted by molar-refractivity contribution is 0.235. The molecule has 0 bridgehead atoms. The number of hydrogen-bond acceptors (Lipinski definition) is 1. The molecule has 0 amide bonds. The topological polar surface area (TPSA) is 26.0 Å². The molecule has 2 heteroatoms. The number of rotatable bonds is 4. The van der Waals surface area contributed by atoms with Gasteiger partial charge in [0.25, 0.3) is 0 Å². The Kier molecular flexibility index (Phi) is 4.34. The van der Waals surface area contributed by atoms with Crippen LogP contribution < -0.4 is 5.73 Å². The zero-order valence-electron chi connectivity index (χ0n) is 7.65. The van der Waals surface area contributed by atoms with Crippen LogP contribution in [0.2, 0.25) is 0 Å². The minimum atomic E-state index is -1.17. The van der Waals surface area contributed by atoms with Gasteiger partial charge in [-0.15, -0.1) is 0 Å². The summed E-state index contributed by atoms with van der Waals surface area (Å²) in [5, 5.41) is 0. The Hall–Kier alpha value is -0.370. The summed E-state index contributed by atoms with van der Waals surface area (Å²) in [5.74, 6) is 0. The van der Waals surface area contributed by atoms with Crippen LogP contribution in [0.25, 0.3) is 0 Å². The third-order valence-electron chi connectivity index (χ3n) is 1.46. The van der Waals surface area contributed by atoms with Crippen molar-refractivity contribution in [2.75, 3.05) is 6.54 Å². The number of alkyl halides is 1. The van der Waals surface area contributed by atoms with E-state index in [1.165, 1.54) is 0 Å². The number of nitrogens with two attached hydrogens (primary N) is 1. The third kappa shape index (κ3) is 6.05. The molecule has 0 aliphatic rings. The van der Waals surface area contributed by atoms with Crippen LogP contribution in [0.5, 0.6) is 0 Å². The van der Waals surface area contributed by atoms with Crippen LogP contribution in [0.1, 0.15) is 33.6 Å². The molecule has 0 radical (unpaired) electrons. The van der Waals surface area contributed by atoms with Crippen LogP contribution in [0.4, 0.5) is 4.39 Å². The number of allylic oxidation sites excluding steroid dienone is 2. The largest absolute Gasteiger partial charge is 0.330 e. The van der Waals surface area contributed by atoms with Gasteiger partial charge >= 0.3 is 0 Å². The van der Waals surface area contributed by atoms with E-state index < -0.39 is 5.67 Å². The van der Waals surface area contributed by atoms with E-state index in [-0.39, 0.29) is 0 Å². The Labute approximate surface area is 68.5 Å². The molecule has 0 aromatic heterocycles. The van der Waals surface area contributed by atoms with Gasteiger partial charge in [-0.2, -0.15) is 0 Å². The Balaban J connectivity index is 3.90. The Morgan fingerprint density at radius 3 is 2.45 bits per heavy atom. The van der Waals surface area contributed by atoms with E-state index in [0.717, 1.165) is 12.0 Å². The molecule has 0 fully saturated rings. The number of hydrogen-bond donors (Lipinski definition) is 1. The highest BCUT2D eigenvalue weighted by atomic mass is 19.1. The summed E-state index contributed by atoms with van der Waals surface area (Å²) in [5.41, 5.74) is 5.13. The summed E-state index contributed by atoms with van der Waals surface area (Å²) in [6, 6.07) is 0. The number of halogens is 1. The monoisotopic (exact) mass is 159 g/mol. The van der Waals surface area contributed by atoms with Crippen LogP contribution in [-0.2, 0) is 0 Å². The molecule has 0 saturated heterocycles. The highest BCUT2D eigenvalue weighted by Gasteiger charge is 2.18. The molecule has 0 saturated carbocycles. The van der Waals surface area contributed by atoms with Gasteiger partial charge in [0.05, 0.1) is 0 Å². The van der Waals surface area contributed by atoms with E-state index in [1.807, 2.05) is 13.8 Å². The van der Waals surface area contributed by atoms with Gasteiger partial charge < -0.3 is 5.73 Å². The van der Waals surface area contributed by atoms with Crippen molar-refractivity contribution in [3.8, 4) is 0 Å². The maximum absolute atomic E-state index is 13.4. The molecule has 1 atom stereocenters. The average Bonchev–Trinajstić information content (AvgIpc) is 1.81. The molecule has 11 heavy (non-hydrogen) atoms. The predicted octanol–water partition coefficient (Wildman–Crippen LogP) is 2.42. The van der Waals surface area contributed by atoms with Crippen molar-refractivity contribution in [2.24, 2.45) is 5.73 Å². The normalized spacial score (nSPS) is 15.7. The average molecular weight is 159 g/mol. The molecule has 0 aromatic rings. The fraction of sp³-hybridized carbons (Fsp3) is 0.778. The molecule has 0 rings (SSSR count). The molecular weight excluding hydrogens is 141 g/mol. The van der Waals surface area contributed by atoms with E-state index in [0.29, 0.717) is 13.0 Å². The fourth-order valence-corrected chi connectivity index (χ4v) is 1.12. The first kappa shape index (κ1) is 10.6. The van der Waals surface area contributed by atoms with Crippen molar-refractivity contribution in [1.29, 1.82) is 0 Å². The summed E-state index contributed by atoms with van der Waals surface area (Å²) in [4.78, 5) is 0. The predicted molar refractivity (Wildman–Crippen MR) is 47.2 cm³/mol. The fourth-order valence-electron chi connectivity index (χ4n) is 1.12. The van der Waals surface area contributed by atoms with E-state index in [1.54, 1.807) is 13.0 Å². The SMILES string of the molecule is CC(C)=CC(C)(F)CCCN. The maximum atomic E-state index is 13.4. The van der Waals surface area contributed by atoms with Crippen LogP contribution >= 0.6 is 0 Å². The summed E-state index contributed by atoms with van der Waals surface area (Å²) in [6.45, 7) is 5.96. The first-order chi connectivity index (χ1) is 4.98. The highest BCUT2D eigenvalue weighted by Crippen LogP contribution is 2.20. The Morgan fingerprint density at radius 1 is 1.55 bits per heavy atom. The summed E-state index contributed by atoms with van der Waals surface area (Å²) in [7, 11) is 0. The van der Waals surface area contributed by atoms with Gasteiger partial charge in [0.1, 0.15) is 5.67 Å². The van der Waals surface area contributed by atoms with Gasteiger partial charge in [-0.05, 0) is 46.2 Å². The van der Waals surface area contributed by atoms with Crippen molar-refractivity contribution in [1.82, 2.24) is 0 Å². The van der Waals surface area contributed by atoms with Crippen LogP contribution in [0, 0.1) is 0 Å². The van der Waals surface area contributed by atoms with Gasteiger partial charge in [0.2, 0.25) is 0 Å². The van der Waals surface area contributed by atoms with Gasteiger partial charge in [-0.25, -0.2) is 4.39 Å². The smallest absolute Gasteiger partial charge is 0.126 e. The molecule has 0 heterocycles. The summed E-state index contributed by atoms with van der Waals surface area (Å²) >= 11 is 0. The van der Waals surface area contributed by atoms with Crippen molar-refractivity contribution >= 4 is 0 Å². The van der Waals surface area contributed by atoms with Gasteiger partial charge in [-0.1, -0.05) is 5.57 Å².